The minimum Gasteiger partial charge on any atom is -0.491 e. The van der Waals surface area contributed by atoms with Crippen molar-refractivity contribution in [2.75, 3.05) is 0 Å². The van der Waals surface area contributed by atoms with Gasteiger partial charge in [-0.2, -0.15) is 0 Å². The van der Waals surface area contributed by atoms with Gasteiger partial charge >= 0.3 is 0 Å². The highest BCUT2D eigenvalue weighted by molar-refractivity contribution is 6.30. The Labute approximate surface area is 96.7 Å². The Bertz CT molecular complexity index is 344. The van der Waals surface area contributed by atoms with Gasteiger partial charge in [0, 0.05) is 5.02 Å². The van der Waals surface area contributed by atoms with E-state index in [4.69, 9.17) is 16.3 Å². The van der Waals surface area contributed by atoms with Gasteiger partial charge in [-0.05, 0) is 43.5 Å². The number of benzene rings is 1. The third kappa shape index (κ3) is 3.60. The van der Waals surface area contributed by atoms with Crippen LogP contribution in [0.4, 0.5) is 0 Å². The summed E-state index contributed by atoms with van der Waals surface area (Å²) in [6.07, 6.45) is 2.06. The van der Waals surface area contributed by atoms with E-state index in [0.29, 0.717) is 10.9 Å². The fourth-order valence-electron chi connectivity index (χ4n) is 1.32. The zero-order chi connectivity index (χ0) is 11.4. The first-order valence-corrected chi connectivity index (χ1v) is 5.50. The Balaban J connectivity index is 2.99. The molecule has 1 nitrogen and oxygen atoms in total. The smallest absolute Gasteiger partial charge is 0.121 e. The zero-order valence-corrected chi connectivity index (χ0v) is 10.2. The molecule has 2 heteroatoms. The summed E-state index contributed by atoms with van der Waals surface area (Å²) in [5, 5.41) is 0.705. The molecule has 0 fully saturated rings. The monoisotopic (exact) mass is 224 g/mol. The van der Waals surface area contributed by atoms with Gasteiger partial charge in [0.25, 0.3) is 0 Å². The van der Waals surface area contributed by atoms with Crippen molar-refractivity contribution in [2.24, 2.45) is 0 Å². The van der Waals surface area contributed by atoms with Crippen molar-refractivity contribution in [2.45, 2.75) is 32.8 Å². The average Bonchev–Trinajstić information content (AvgIpc) is 2.14. The lowest BCUT2D eigenvalue weighted by atomic mass is 10.0. The molecule has 1 atom stereocenters. The maximum absolute atomic E-state index is 6.02. The molecule has 0 amide bonds. The van der Waals surface area contributed by atoms with E-state index in [1.54, 1.807) is 0 Å². The van der Waals surface area contributed by atoms with Crippen molar-refractivity contribution < 1.29 is 4.74 Å². The topological polar surface area (TPSA) is 9.23 Å². The molecule has 0 heterocycles. The van der Waals surface area contributed by atoms with Gasteiger partial charge in [-0.15, -0.1) is 6.58 Å². The van der Waals surface area contributed by atoms with E-state index in [0.717, 1.165) is 11.3 Å². The number of rotatable bonds is 4. The van der Waals surface area contributed by atoms with Crippen LogP contribution < -0.4 is 4.74 Å². The highest BCUT2D eigenvalue weighted by Gasteiger charge is 2.06. The molecule has 1 aromatic carbocycles. The summed E-state index contributed by atoms with van der Waals surface area (Å²) < 4.78 is 5.61. The maximum atomic E-state index is 6.02. The van der Waals surface area contributed by atoms with Gasteiger partial charge in [-0.25, -0.2) is 0 Å². The van der Waals surface area contributed by atoms with Crippen molar-refractivity contribution in [3.8, 4) is 5.75 Å². The van der Waals surface area contributed by atoms with Gasteiger partial charge in [0.1, 0.15) is 5.75 Å². The highest BCUT2D eigenvalue weighted by Crippen LogP contribution is 2.27. The lowest BCUT2D eigenvalue weighted by Crippen LogP contribution is -2.06. The molecule has 1 aromatic rings. The van der Waals surface area contributed by atoms with Crippen LogP contribution in [0.2, 0.25) is 5.02 Å². The first-order valence-electron chi connectivity index (χ1n) is 5.12. The maximum Gasteiger partial charge on any atom is 0.121 e. The molecule has 0 aromatic heterocycles. The third-order valence-corrected chi connectivity index (χ3v) is 2.36. The molecule has 0 spiro atoms. The van der Waals surface area contributed by atoms with Gasteiger partial charge in [-0.1, -0.05) is 24.6 Å². The van der Waals surface area contributed by atoms with Crippen LogP contribution in [0.1, 0.15) is 32.3 Å². The fraction of sp³-hybridized carbons (Fsp3) is 0.385. The van der Waals surface area contributed by atoms with Crippen molar-refractivity contribution in [3.05, 3.63) is 41.4 Å². The minimum absolute atomic E-state index is 0.162. The van der Waals surface area contributed by atoms with Crippen LogP contribution in [0.5, 0.6) is 5.75 Å². The summed E-state index contributed by atoms with van der Waals surface area (Å²) in [6, 6.07) is 5.79. The van der Waals surface area contributed by atoms with E-state index >= 15 is 0 Å². The van der Waals surface area contributed by atoms with Gasteiger partial charge in [0.15, 0.2) is 0 Å². The first kappa shape index (κ1) is 12.1. The molecule has 0 N–H and O–H groups in total. The number of halogens is 1. The zero-order valence-electron chi connectivity index (χ0n) is 9.46. The van der Waals surface area contributed by atoms with Crippen LogP contribution in [0.25, 0.3) is 0 Å². The van der Waals surface area contributed by atoms with Gasteiger partial charge in [0.2, 0.25) is 0 Å². The van der Waals surface area contributed by atoms with Gasteiger partial charge in [-0.3, -0.25) is 0 Å². The second-order valence-corrected chi connectivity index (χ2v) is 4.35. The van der Waals surface area contributed by atoms with Crippen molar-refractivity contribution in [1.82, 2.24) is 0 Å². The van der Waals surface area contributed by atoms with E-state index in [9.17, 15) is 0 Å². The van der Waals surface area contributed by atoms with E-state index in [1.807, 2.05) is 38.1 Å². The SMILES string of the molecule is C=CC(C)c1cc(Cl)cc(OC(C)C)c1. The van der Waals surface area contributed by atoms with Crippen LogP contribution in [-0.4, -0.2) is 6.10 Å². The normalized spacial score (nSPS) is 12.6. The van der Waals surface area contributed by atoms with Crippen LogP contribution in [0.15, 0.2) is 30.9 Å². The summed E-state index contributed by atoms with van der Waals surface area (Å²) in [6.45, 7) is 9.85. The Hall–Kier alpha value is -0.950. The molecule has 15 heavy (non-hydrogen) atoms. The van der Waals surface area contributed by atoms with Gasteiger partial charge in [0.05, 0.1) is 6.10 Å². The molecule has 82 valence electrons. The molecule has 0 saturated carbocycles. The molecule has 0 aliphatic heterocycles. The van der Waals surface area contributed by atoms with E-state index in [2.05, 4.69) is 13.5 Å². The first-order chi connectivity index (χ1) is 7.02. The van der Waals surface area contributed by atoms with Crippen molar-refractivity contribution in [3.63, 3.8) is 0 Å². The fourth-order valence-corrected chi connectivity index (χ4v) is 1.56. The quantitative estimate of drug-likeness (QED) is 0.688. The van der Waals surface area contributed by atoms with Crippen molar-refractivity contribution >= 4 is 11.6 Å². The third-order valence-electron chi connectivity index (χ3n) is 2.14. The minimum atomic E-state index is 0.162. The predicted octanol–water partition coefficient (Wildman–Crippen LogP) is 4.42. The molecular weight excluding hydrogens is 208 g/mol. The summed E-state index contributed by atoms with van der Waals surface area (Å²) in [5.41, 5.74) is 1.13. The van der Waals surface area contributed by atoms with E-state index in [1.165, 1.54) is 0 Å². The molecular formula is C13H17ClO. The van der Waals surface area contributed by atoms with E-state index < -0.39 is 0 Å². The van der Waals surface area contributed by atoms with Crippen LogP contribution in [0.3, 0.4) is 0 Å². The molecule has 0 bridgehead atoms. The Morgan fingerprint density at radius 3 is 2.47 bits per heavy atom. The highest BCUT2D eigenvalue weighted by atomic mass is 35.5. The summed E-state index contributed by atoms with van der Waals surface area (Å²) >= 11 is 6.02. The Kier molecular flexibility index (Phi) is 4.22. The van der Waals surface area contributed by atoms with Crippen LogP contribution >= 0.6 is 11.6 Å². The summed E-state index contributed by atoms with van der Waals surface area (Å²) in [7, 11) is 0. The van der Waals surface area contributed by atoms with Crippen molar-refractivity contribution in [1.29, 1.82) is 0 Å². The largest absolute Gasteiger partial charge is 0.491 e. The van der Waals surface area contributed by atoms with Gasteiger partial charge < -0.3 is 4.74 Å². The number of hydrogen-bond donors (Lipinski definition) is 0. The molecule has 1 rings (SSSR count). The molecule has 0 aliphatic rings. The summed E-state index contributed by atoms with van der Waals surface area (Å²) in [5.74, 6) is 1.11. The number of ether oxygens (including phenoxy) is 1. The Morgan fingerprint density at radius 1 is 1.27 bits per heavy atom. The molecule has 0 radical (unpaired) electrons. The van der Waals surface area contributed by atoms with E-state index in [-0.39, 0.29) is 6.10 Å². The predicted molar refractivity (Wildman–Crippen MR) is 65.8 cm³/mol. The Morgan fingerprint density at radius 2 is 1.93 bits per heavy atom. The lowest BCUT2D eigenvalue weighted by Gasteiger charge is -2.13. The molecule has 0 aliphatic carbocycles. The molecule has 1 unspecified atom stereocenters. The molecule has 0 saturated heterocycles. The second-order valence-electron chi connectivity index (χ2n) is 3.91. The average molecular weight is 225 g/mol. The number of hydrogen-bond acceptors (Lipinski definition) is 1. The number of allylic oxidation sites excluding steroid dienone is 1. The second kappa shape index (κ2) is 5.22. The van der Waals surface area contributed by atoms with Crippen LogP contribution in [-0.2, 0) is 0 Å². The van der Waals surface area contributed by atoms with Crippen LogP contribution in [0, 0.1) is 0 Å². The lowest BCUT2D eigenvalue weighted by molar-refractivity contribution is 0.242. The standard InChI is InChI=1S/C13H17ClO/c1-5-10(4)11-6-12(14)8-13(7-11)15-9(2)3/h5-10H,1H2,2-4H3. The summed E-state index contributed by atoms with van der Waals surface area (Å²) in [4.78, 5) is 0.